The summed E-state index contributed by atoms with van der Waals surface area (Å²) in [5.74, 6) is 0. The third kappa shape index (κ3) is 5.06. The lowest BCUT2D eigenvalue weighted by atomic mass is 10.1. The van der Waals surface area contributed by atoms with Gasteiger partial charge in [-0.25, -0.2) is 0 Å². The Kier molecular flexibility index (Phi) is 8.05. The molecule has 0 aromatic rings. The van der Waals surface area contributed by atoms with Crippen LogP contribution in [0.25, 0.3) is 0 Å². The zero-order chi connectivity index (χ0) is 10.1. The molecule has 0 bridgehead atoms. The molecule has 2 nitrogen and oxygen atoms in total. The van der Waals surface area contributed by atoms with Crippen LogP contribution in [0, 0.1) is 0 Å². The van der Waals surface area contributed by atoms with Crippen molar-refractivity contribution in [1.29, 1.82) is 0 Å². The van der Waals surface area contributed by atoms with Crippen LogP contribution in [0.5, 0.6) is 0 Å². The standard InChI is InChI=1S/C11H24N2/c1-4-7-11(10-12)13(8-5-2)9-6-3/h5,11H,2,4,6-10,12H2,1,3H3. The van der Waals surface area contributed by atoms with E-state index >= 15 is 0 Å². The lowest BCUT2D eigenvalue weighted by Gasteiger charge is -2.29. The van der Waals surface area contributed by atoms with Crippen molar-refractivity contribution in [3.05, 3.63) is 12.7 Å². The van der Waals surface area contributed by atoms with Crippen molar-refractivity contribution in [1.82, 2.24) is 4.90 Å². The molecule has 0 saturated heterocycles. The van der Waals surface area contributed by atoms with Gasteiger partial charge < -0.3 is 5.73 Å². The van der Waals surface area contributed by atoms with Gasteiger partial charge in [-0.15, -0.1) is 6.58 Å². The molecule has 0 aliphatic rings. The molecule has 0 aliphatic heterocycles. The first-order chi connectivity index (χ1) is 6.29. The topological polar surface area (TPSA) is 29.3 Å². The molecule has 2 heteroatoms. The highest BCUT2D eigenvalue weighted by Crippen LogP contribution is 2.06. The molecule has 0 radical (unpaired) electrons. The molecule has 0 saturated carbocycles. The van der Waals surface area contributed by atoms with Gasteiger partial charge in [-0.1, -0.05) is 26.3 Å². The molecule has 0 fully saturated rings. The molecule has 0 heterocycles. The van der Waals surface area contributed by atoms with Gasteiger partial charge in [0.05, 0.1) is 0 Å². The first-order valence-corrected chi connectivity index (χ1v) is 5.35. The third-order valence-electron chi connectivity index (χ3n) is 2.28. The minimum atomic E-state index is 0.544. The minimum Gasteiger partial charge on any atom is -0.329 e. The SMILES string of the molecule is C=CCN(CCC)C(CN)CCC. The normalized spacial score (nSPS) is 13.2. The van der Waals surface area contributed by atoms with E-state index in [0.717, 1.165) is 19.6 Å². The van der Waals surface area contributed by atoms with Gasteiger partial charge in [0.15, 0.2) is 0 Å². The molecular formula is C11H24N2. The Morgan fingerprint density at radius 2 is 2.08 bits per heavy atom. The van der Waals surface area contributed by atoms with E-state index in [1.165, 1.54) is 19.3 Å². The van der Waals surface area contributed by atoms with Crippen LogP contribution in [0.4, 0.5) is 0 Å². The van der Waals surface area contributed by atoms with Crippen LogP contribution < -0.4 is 5.73 Å². The summed E-state index contributed by atoms with van der Waals surface area (Å²) in [5.41, 5.74) is 5.74. The average molecular weight is 184 g/mol. The molecule has 1 atom stereocenters. The van der Waals surface area contributed by atoms with Crippen LogP contribution in [-0.2, 0) is 0 Å². The summed E-state index contributed by atoms with van der Waals surface area (Å²) >= 11 is 0. The number of nitrogens with zero attached hydrogens (tertiary/aromatic N) is 1. The lowest BCUT2D eigenvalue weighted by Crippen LogP contribution is -2.41. The highest BCUT2D eigenvalue weighted by Gasteiger charge is 2.13. The zero-order valence-corrected chi connectivity index (χ0v) is 9.13. The van der Waals surface area contributed by atoms with Crippen LogP contribution in [0.2, 0.25) is 0 Å². The Morgan fingerprint density at radius 1 is 1.38 bits per heavy atom. The molecule has 78 valence electrons. The first kappa shape index (κ1) is 12.7. The summed E-state index contributed by atoms with van der Waals surface area (Å²) in [6.45, 7) is 11.1. The van der Waals surface area contributed by atoms with Gasteiger partial charge in [-0.05, 0) is 19.4 Å². The largest absolute Gasteiger partial charge is 0.329 e. The van der Waals surface area contributed by atoms with Crippen LogP contribution >= 0.6 is 0 Å². The van der Waals surface area contributed by atoms with Crippen LogP contribution in [0.15, 0.2) is 12.7 Å². The smallest absolute Gasteiger partial charge is 0.0221 e. The first-order valence-electron chi connectivity index (χ1n) is 5.35. The molecule has 13 heavy (non-hydrogen) atoms. The van der Waals surface area contributed by atoms with E-state index in [4.69, 9.17) is 5.73 Å². The maximum absolute atomic E-state index is 5.74. The minimum absolute atomic E-state index is 0.544. The van der Waals surface area contributed by atoms with Gasteiger partial charge >= 0.3 is 0 Å². The average Bonchev–Trinajstić information content (AvgIpc) is 2.14. The number of hydrogen-bond acceptors (Lipinski definition) is 2. The predicted octanol–water partition coefficient (Wildman–Crippen LogP) is 2.01. The third-order valence-corrected chi connectivity index (χ3v) is 2.28. The van der Waals surface area contributed by atoms with Gasteiger partial charge in [-0.2, -0.15) is 0 Å². The van der Waals surface area contributed by atoms with E-state index in [0.29, 0.717) is 6.04 Å². The molecule has 0 spiro atoms. The fourth-order valence-corrected chi connectivity index (χ4v) is 1.66. The molecule has 0 aromatic heterocycles. The summed E-state index contributed by atoms with van der Waals surface area (Å²) < 4.78 is 0. The second-order valence-corrected chi connectivity index (χ2v) is 3.46. The Labute approximate surface area is 82.8 Å². The molecule has 0 amide bonds. The van der Waals surface area contributed by atoms with Gasteiger partial charge in [0.2, 0.25) is 0 Å². The molecule has 2 N–H and O–H groups in total. The summed E-state index contributed by atoms with van der Waals surface area (Å²) in [7, 11) is 0. The Hall–Kier alpha value is -0.340. The summed E-state index contributed by atoms with van der Waals surface area (Å²) in [6, 6.07) is 0.544. The van der Waals surface area contributed by atoms with Crippen LogP contribution in [0.3, 0.4) is 0 Å². The Balaban J connectivity index is 4.02. The zero-order valence-electron chi connectivity index (χ0n) is 9.13. The van der Waals surface area contributed by atoms with Gasteiger partial charge in [0.1, 0.15) is 0 Å². The second kappa shape index (κ2) is 8.27. The van der Waals surface area contributed by atoms with Crippen molar-refractivity contribution in [2.75, 3.05) is 19.6 Å². The Bertz CT molecular complexity index is 123. The molecule has 0 rings (SSSR count). The molecular weight excluding hydrogens is 160 g/mol. The highest BCUT2D eigenvalue weighted by atomic mass is 15.2. The summed E-state index contributed by atoms with van der Waals surface area (Å²) in [4.78, 5) is 2.43. The summed E-state index contributed by atoms with van der Waals surface area (Å²) in [5, 5.41) is 0. The molecule has 0 aliphatic carbocycles. The van der Waals surface area contributed by atoms with Crippen LogP contribution in [-0.4, -0.2) is 30.6 Å². The van der Waals surface area contributed by atoms with Crippen molar-refractivity contribution in [3.8, 4) is 0 Å². The predicted molar refractivity (Wildman–Crippen MR) is 59.8 cm³/mol. The van der Waals surface area contributed by atoms with E-state index < -0.39 is 0 Å². The molecule has 0 aromatic carbocycles. The maximum Gasteiger partial charge on any atom is 0.0221 e. The van der Waals surface area contributed by atoms with Gasteiger partial charge in [0.25, 0.3) is 0 Å². The molecule has 1 unspecified atom stereocenters. The van der Waals surface area contributed by atoms with Crippen molar-refractivity contribution in [2.45, 2.75) is 39.2 Å². The van der Waals surface area contributed by atoms with Gasteiger partial charge in [-0.3, -0.25) is 4.90 Å². The van der Waals surface area contributed by atoms with E-state index in [1.54, 1.807) is 0 Å². The van der Waals surface area contributed by atoms with Crippen molar-refractivity contribution < 1.29 is 0 Å². The number of hydrogen-bond donors (Lipinski definition) is 1. The fourth-order valence-electron chi connectivity index (χ4n) is 1.66. The number of rotatable bonds is 8. The van der Waals surface area contributed by atoms with E-state index in [1.807, 2.05) is 6.08 Å². The summed E-state index contributed by atoms with van der Waals surface area (Å²) in [6.07, 6.45) is 5.56. The van der Waals surface area contributed by atoms with Crippen molar-refractivity contribution in [3.63, 3.8) is 0 Å². The number of nitrogens with two attached hydrogens (primary N) is 1. The van der Waals surface area contributed by atoms with Crippen molar-refractivity contribution >= 4 is 0 Å². The quantitative estimate of drug-likeness (QED) is 0.585. The van der Waals surface area contributed by atoms with E-state index in [2.05, 4.69) is 25.3 Å². The highest BCUT2D eigenvalue weighted by molar-refractivity contribution is 4.79. The van der Waals surface area contributed by atoms with Crippen molar-refractivity contribution in [2.24, 2.45) is 5.73 Å². The van der Waals surface area contributed by atoms with Crippen LogP contribution in [0.1, 0.15) is 33.1 Å². The van der Waals surface area contributed by atoms with Gasteiger partial charge in [0, 0.05) is 19.1 Å². The Morgan fingerprint density at radius 3 is 2.46 bits per heavy atom. The maximum atomic E-state index is 5.74. The van der Waals surface area contributed by atoms with E-state index in [9.17, 15) is 0 Å². The lowest BCUT2D eigenvalue weighted by molar-refractivity contribution is 0.210. The second-order valence-electron chi connectivity index (χ2n) is 3.46. The monoisotopic (exact) mass is 184 g/mol. The fraction of sp³-hybridized carbons (Fsp3) is 0.818. The van der Waals surface area contributed by atoms with E-state index in [-0.39, 0.29) is 0 Å².